The van der Waals surface area contributed by atoms with E-state index in [1.54, 1.807) is 7.11 Å². The molecule has 0 aromatic rings. The lowest BCUT2D eigenvalue weighted by Gasteiger charge is -2.23. The zero-order chi connectivity index (χ0) is 8.10. The zero-order valence-corrected chi connectivity index (χ0v) is 6.72. The van der Waals surface area contributed by atoms with Crippen molar-refractivity contribution in [2.24, 2.45) is 0 Å². The van der Waals surface area contributed by atoms with Crippen molar-refractivity contribution in [2.45, 2.75) is 12.5 Å². The summed E-state index contributed by atoms with van der Waals surface area (Å²) in [6.07, 6.45) is 0.955. The van der Waals surface area contributed by atoms with Gasteiger partial charge >= 0.3 is 0 Å². The second kappa shape index (κ2) is 4.31. The number of piperazine rings is 1. The number of carbonyl (C=O) groups excluding carboxylic acids is 1. The molecule has 64 valence electrons. The first kappa shape index (κ1) is 8.49. The van der Waals surface area contributed by atoms with Crippen LogP contribution in [0.3, 0.4) is 0 Å². The summed E-state index contributed by atoms with van der Waals surface area (Å²) in [5.74, 6) is 0.0821. The van der Waals surface area contributed by atoms with Gasteiger partial charge in [-0.15, -0.1) is 0 Å². The summed E-state index contributed by atoms with van der Waals surface area (Å²) < 4.78 is 4.92. The van der Waals surface area contributed by atoms with Gasteiger partial charge in [0.2, 0.25) is 5.91 Å². The van der Waals surface area contributed by atoms with Gasteiger partial charge in [-0.25, -0.2) is 0 Å². The van der Waals surface area contributed by atoms with Crippen molar-refractivity contribution in [3.8, 4) is 0 Å². The summed E-state index contributed by atoms with van der Waals surface area (Å²) in [5, 5.41) is 5.90. The van der Waals surface area contributed by atoms with Gasteiger partial charge in [0.1, 0.15) is 0 Å². The van der Waals surface area contributed by atoms with E-state index in [1.807, 2.05) is 0 Å². The molecule has 0 radical (unpaired) electrons. The van der Waals surface area contributed by atoms with Gasteiger partial charge < -0.3 is 15.4 Å². The molecule has 1 fully saturated rings. The molecule has 4 nitrogen and oxygen atoms in total. The molecular weight excluding hydrogens is 144 g/mol. The van der Waals surface area contributed by atoms with E-state index in [0.29, 0.717) is 12.6 Å². The van der Waals surface area contributed by atoms with Crippen LogP contribution in [0.15, 0.2) is 0 Å². The van der Waals surface area contributed by atoms with Crippen LogP contribution in [-0.4, -0.2) is 38.8 Å². The summed E-state index contributed by atoms with van der Waals surface area (Å²) in [6.45, 7) is 1.91. The van der Waals surface area contributed by atoms with Crippen LogP contribution >= 0.6 is 0 Å². The first-order chi connectivity index (χ1) is 5.33. The van der Waals surface area contributed by atoms with Crippen LogP contribution < -0.4 is 10.6 Å². The van der Waals surface area contributed by atoms with Crippen LogP contribution in [0.25, 0.3) is 0 Å². The molecule has 0 saturated carbocycles. The van der Waals surface area contributed by atoms with Crippen LogP contribution in [0.4, 0.5) is 0 Å². The van der Waals surface area contributed by atoms with Gasteiger partial charge in [-0.3, -0.25) is 4.79 Å². The van der Waals surface area contributed by atoms with Crippen LogP contribution in [0, 0.1) is 0 Å². The van der Waals surface area contributed by atoms with Crippen molar-refractivity contribution >= 4 is 5.91 Å². The molecule has 1 saturated heterocycles. The van der Waals surface area contributed by atoms with Crippen molar-refractivity contribution in [2.75, 3.05) is 26.8 Å². The zero-order valence-electron chi connectivity index (χ0n) is 6.72. The van der Waals surface area contributed by atoms with Crippen LogP contribution in [-0.2, 0) is 9.53 Å². The second-order valence-corrected chi connectivity index (χ2v) is 2.66. The lowest BCUT2D eigenvalue weighted by molar-refractivity contribution is -0.121. The molecule has 0 aromatic carbocycles. The Kier molecular flexibility index (Phi) is 3.32. The first-order valence-electron chi connectivity index (χ1n) is 3.82. The Hall–Kier alpha value is -0.610. The molecule has 11 heavy (non-hydrogen) atoms. The Morgan fingerprint density at radius 1 is 1.73 bits per heavy atom. The number of nitrogens with one attached hydrogen (secondary N) is 2. The van der Waals surface area contributed by atoms with E-state index in [-0.39, 0.29) is 5.91 Å². The van der Waals surface area contributed by atoms with Crippen molar-refractivity contribution in [1.29, 1.82) is 0 Å². The molecule has 0 aromatic heterocycles. The minimum Gasteiger partial charge on any atom is -0.385 e. The summed E-state index contributed by atoms with van der Waals surface area (Å²) >= 11 is 0. The topological polar surface area (TPSA) is 50.4 Å². The molecule has 1 aliphatic heterocycles. The molecule has 4 heteroatoms. The van der Waals surface area contributed by atoms with Gasteiger partial charge in [-0.1, -0.05) is 0 Å². The Labute approximate surface area is 66.3 Å². The summed E-state index contributed by atoms with van der Waals surface area (Å²) in [5.41, 5.74) is 0. The smallest absolute Gasteiger partial charge is 0.234 e. The van der Waals surface area contributed by atoms with Gasteiger partial charge in [-0.2, -0.15) is 0 Å². The van der Waals surface area contributed by atoms with E-state index in [9.17, 15) is 4.79 Å². The molecule has 1 rings (SSSR count). The first-order valence-corrected chi connectivity index (χ1v) is 3.82. The number of carbonyl (C=O) groups is 1. The second-order valence-electron chi connectivity index (χ2n) is 2.66. The monoisotopic (exact) mass is 158 g/mol. The van der Waals surface area contributed by atoms with Crippen LogP contribution in [0.1, 0.15) is 6.42 Å². The maximum atomic E-state index is 10.7. The van der Waals surface area contributed by atoms with Crippen LogP contribution in [0.5, 0.6) is 0 Å². The summed E-state index contributed by atoms with van der Waals surface area (Å²) in [7, 11) is 1.68. The fraction of sp³-hybridized carbons (Fsp3) is 0.857. The predicted octanol–water partition coefficient (Wildman–Crippen LogP) is -0.889. The maximum Gasteiger partial charge on any atom is 0.234 e. The molecule has 1 atom stereocenters. The van der Waals surface area contributed by atoms with Crippen LogP contribution in [0.2, 0.25) is 0 Å². The third-order valence-electron chi connectivity index (χ3n) is 1.77. The van der Waals surface area contributed by atoms with E-state index in [4.69, 9.17) is 4.74 Å². The van der Waals surface area contributed by atoms with Gasteiger partial charge in [-0.05, 0) is 6.42 Å². The van der Waals surface area contributed by atoms with Crippen molar-refractivity contribution in [3.63, 3.8) is 0 Å². The van der Waals surface area contributed by atoms with Crippen molar-refractivity contribution in [1.82, 2.24) is 10.6 Å². The third kappa shape index (κ3) is 2.86. The van der Waals surface area contributed by atoms with E-state index in [1.165, 1.54) is 0 Å². The number of methoxy groups -OCH3 is 1. The molecule has 0 aliphatic carbocycles. The number of amides is 1. The largest absolute Gasteiger partial charge is 0.385 e. The minimum absolute atomic E-state index is 0.0821. The highest BCUT2D eigenvalue weighted by molar-refractivity contribution is 5.78. The highest BCUT2D eigenvalue weighted by atomic mass is 16.5. The lowest BCUT2D eigenvalue weighted by Crippen LogP contribution is -2.52. The molecule has 0 spiro atoms. The molecular formula is C7H14N2O2. The third-order valence-corrected chi connectivity index (χ3v) is 1.77. The molecule has 1 amide bonds. The van der Waals surface area contributed by atoms with Gasteiger partial charge in [0, 0.05) is 26.3 Å². The highest BCUT2D eigenvalue weighted by Crippen LogP contribution is 1.93. The highest BCUT2D eigenvalue weighted by Gasteiger charge is 2.15. The number of rotatable bonds is 3. The Bertz CT molecular complexity index is 128. The minimum atomic E-state index is 0.0821. The molecule has 1 aliphatic rings. The average Bonchev–Trinajstić information content (AvgIpc) is 2.04. The van der Waals surface area contributed by atoms with E-state index in [2.05, 4.69) is 10.6 Å². The fourth-order valence-corrected chi connectivity index (χ4v) is 1.07. The standard InChI is InChI=1S/C7H14N2O2/c1-11-3-2-6-4-9-7(10)5-8-6/h6,8H,2-5H2,1H3,(H,9,10)/t6-/m0/s1. The lowest BCUT2D eigenvalue weighted by atomic mass is 10.2. The van der Waals surface area contributed by atoms with Gasteiger partial charge in [0.05, 0.1) is 6.54 Å². The summed E-state index contributed by atoms with van der Waals surface area (Å²) in [6, 6.07) is 0.382. The molecule has 1 heterocycles. The molecule has 2 N–H and O–H groups in total. The average molecular weight is 158 g/mol. The Balaban J connectivity index is 2.12. The van der Waals surface area contributed by atoms with Crippen molar-refractivity contribution < 1.29 is 9.53 Å². The van der Waals surface area contributed by atoms with E-state index in [0.717, 1.165) is 19.6 Å². The van der Waals surface area contributed by atoms with Crippen molar-refractivity contribution in [3.05, 3.63) is 0 Å². The summed E-state index contributed by atoms with van der Waals surface area (Å²) in [4.78, 5) is 10.7. The predicted molar refractivity (Wildman–Crippen MR) is 41.3 cm³/mol. The van der Waals surface area contributed by atoms with E-state index >= 15 is 0 Å². The normalized spacial score (nSPS) is 24.8. The Morgan fingerprint density at radius 2 is 2.55 bits per heavy atom. The number of hydrogen-bond acceptors (Lipinski definition) is 3. The quantitative estimate of drug-likeness (QED) is 0.560. The Morgan fingerprint density at radius 3 is 3.09 bits per heavy atom. The van der Waals surface area contributed by atoms with Gasteiger partial charge in [0.15, 0.2) is 0 Å². The number of ether oxygens (including phenoxy) is 1. The fourth-order valence-electron chi connectivity index (χ4n) is 1.07. The molecule has 0 bridgehead atoms. The van der Waals surface area contributed by atoms with E-state index < -0.39 is 0 Å². The SMILES string of the molecule is COCC[C@H]1CNC(=O)CN1. The van der Waals surface area contributed by atoms with Gasteiger partial charge in [0.25, 0.3) is 0 Å². The molecule has 0 unspecified atom stereocenters. The number of hydrogen-bond donors (Lipinski definition) is 2. The maximum absolute atomic E-state index is 10.7.